The van der Waals surface area contributed by atoms with Gasteiger partial charge in [-0.1, -0.05) is 62.6 Å². The zero-order valence-corrected chi connectivity index (χ0v) is 25.9. The average Bonchev–Trinajstić information content (AvgIpc) is 2.96. The molecule has 5 rings (SSSR count). The monoisotopic (exact) mass is 562 g/mol. The molecule has 0 radical (unpaired) electrons. The topological polar surface area (TPSA) is 70.5 Å². The summed E-state index contributed by atoms with van der Waals surface area (Å²) >= 11 is 0. The summed E-state index contributed by atoms with van der Waals surface area (Å²) in [6, 6.07) is 24.8. The fourth-order valence-electron chi connectivity index (χ4n) is 6.86. The van der Waals surface area contributed by atoms with Gasteiger partial charge in [0.15, 0.2) is 0 Å². The van der Waals surface area contributed by atoms with Crippen molar-refractivity contribution in [2.75, 3.05) is 11.5 Å². The molecule has 4 nitrogen and oxygen atoms in total. The highest BCUT2D eigenvalue weighted by molar-refractivity contribution is 5.55. The zero-order chi connectivity index (χ0) is 29.9. The zero-order valence-electron chi connectivity index (χ0n) is 25.9. The van der Waals surface area contributed by atoms with E-state index in [-0.39, 0.29) is 5.41 Å². The predicted molar refractivity (Wildman–Crippen MR) is 176 cm³/mol. The van der Waals surface area contributed by atoms with Crippen molar-refractivity contribution in [3.05, 3.63) is 106 Å². The van der Waals surface area contributed by atoms with Gasteiger partial charge in [-0.3, -0.25) is 0 Å². The van der Waals surface area contributed by atoms with Crippen molar-refractivity contribution in [1.82, 2.24) is 0 Å². The quantitative estimate of drug-likeness (QED) is 0.199. The van der Waals surface area contributed by atoms with Crippen molar-refractivity contribution in [3.63, 3.8) is 0 Å². The van der Waals surface area contributed by atoms with Crippen LogP contribution in [-0.4, -0.2) is 0 Å². The van der Waals surface area contributed by atoms with Crippen LogP contribution in [0.25, 0.3) is 0 Å². The lowest BCUT2D eigenvalue weighted by Gasteiger charge is -2.42. The molecule has 220 valence electrons. The van der Waals surface area contributed by atoms with E-state index < -0.39 is 0 Å². The van der Waals surface area contributed by atoms with Crippen molar-refractivity contribution in [1.29, 1.82) is 0 Å². The van der Waals surface area contributed by atoms with E-state index in [1.807, 2.05) is 48.5 Å². The highest BCUT2D eigenvalue weighted by Crippen LogP contribution is 2.50. The Morgan fingerprint density at radius 2 is 1.10 bits per heavy atom. The molecule has 1 aliphatic rings. The van der Waals surface area contributed by atoms with Gasteiger partial charge >= 0.3 is 0 Å². The molecule has 0 unspecified atom stereocenters. The van der Waals surface area contributed by atoms with Crippen molar-refractivity contribution >= 4 is 11.4 Å². The van der Waals surface area contributed by atoms with Gasteiger partial charge in [0.1, 0.15) is 23.0 Å². The second-order valence-electron chi connectivity index (χ2n) is 12.4. The standard InChI is InChI=1S/C38H46N2O2/c1-6-7-10-29-15-17-38(18-16-29,30-19-25(2)36(26(3)20-30)41-34-13-8-11-32(39)23-34)31-21-27(4)37(28(5)22-31)42-35-14-9-12-33(40)24-35/h8-9,11-14,19-24,29H,6-7,10,15-18,39-40H2,1-5H3. The van der Waals surface area contributed by atoms with Crippen LogP contribution in [-0.2, 0) is 5.41 Å². The SMILES string of the molecule is CCCCC1CCC(c2cc(C)c(Oc3cccc(N)c3)c(C)c2)(c2cc(C)c(Oc3cccc(N)c3)c(C)c2)CC1. The van der Waals surface area contributed by atoms with Gasteiger partial charge in [0.2, 0.25) is 0 Å². The van der Waals surface area contributed by atoms with Crippen LogP contribution in [0, 0.1) is 33.6 Å². The fraction of sp³-hybridized carbons (Fsp3) is 0.368. The smallest absolute Gasteiger partial charge is 0.133 e. The Morgan fingerprint density at radius 1 is 0.667 bits per heavy atom. The van der Waals surface area contributed by atoms with E-state index in [1.54, 1.807) is 0 Å². The summed E-state index contributed by atoms with van der Waals surface area (Å²) in [6.45, 7) is 11.0. The first-order valence-corrected chi connectivity index (χ1v) is 15.5. The van der Waals surface area contributed by atoms with E-state index in [9.17, 15) is 0 Å². The number of hydrogen-bond donors (Lipinski definition) is 2. The number of unbranched alkanes of at least 4 members (excludes halogenated alkanes) is 1. The van der Waals surface area contributed by atoms with E-state index >= 15 is 0 Å². The number of benzene rings is 4. The molecule has 0 aromatic heterocycles. The second kappa shape index (κ2) is 12.5. The lowest BCUT2D eigenvalue weighted by atomic mass is 9.62. The number of aryl methyl sites for hydroxylation is 4. The lowest BCUT2D eigenvalue weighted by Crippen LogP contribution is -2.33. The minimum atomic E-state index is -0.0564. The minimum absolute atomic E-state index is 0.0564. The van der Waals surface area contributed by atoms with Crippen LogP contribution in [0.4, 0.5) is 11.4 Å². The van der Waals surface area contributed by atoms with Crippen LogP contribution in [0.15, 0.2) is 72.8 Å². The van der Waals surface area contributed by atoms with Gasteiger partial charge in [-0.15, -0.1) is 0 Å². The first-order valence-electron chi connectivity index (χ1n) is 15.5. The summed E-state index contributed by atoms with van der Waals surface area (Å²) in [4.78, 5) is 0. The molecule has 0 saturated heterocycles. The Bertz CT molecular complexity index is 1400. The third-order valence-electron chi connectivity index (χ3n) is 9.11. The normalized spacial score (nSPS) is 15.0. The van der Waals surface area contributed by atoms with Gasteiger partial charge in [-0.25, -0.2) is 0 Å². The fourth-order valence-corrected chi connectivity index (χ4v) is 6.86. The summed E-state index contributed by atoms with van der Waals surface area (Å²) in [5, 5.41) is 0. The van der Waals surface area contributed by atoms with E-state index in [0.717, 1.165) is 64.0 Å². The average molecular weight is 563 g/mol. The second-order valence-corrected chi connectivity index (χ2v) is 12.4. The summed E-state index contributed by atoms with van der Waals surface area (Å²) in [7, 11) is 0. The van der Waals surface area contributed by atoms with Gasteiger partial charge in [-0.05, 0) is 117 Å². The van der Waals surface area contributed by atoms with Crippen LogP contribution >= 0.6 is 0 Å². The molecule has 0 spiro atoms. The van der Waals surface area contributed by atoms with Crippen LogP contribution in [0.1, 0.15) is 85.3 Å². The number of hydrogen-bond acceptors (Lipinski definition) is 4. The van der Waals surface area contributed by atoms with Gasteiger partial charge in [0.25, 0.3) is 0 Å². The Kier molecular flexibility index (Phi) is 8.82. The molecule has 0 heterocycles. The Labute approximate surface area is 252 Å². The molecule has 0 atom stereocenters. The maximum atomic E-state index is 6.38. The Balaban J connectivity index is 1.54. The number of rotatable bonds is 9. The minimum Gasteiger partial charge on any atom is -0.457 e. The predicted octanol–water partition coefficient (Wildman–Crippen LogP) is 10.3. The van der Waals surface area contributed by atoms with Gasteiger partial charge in [-0.2, -0.15) is 0 Å². The van der Waals surface area contributed by atoms with Crippen LogP contribution < -0.4 is 20.9 Å². The molecule has 4 heteroatoms. The van der Waals surface area contributed by atoms with Crippen molar-refractivity contribution < 1.29 is 9.47 Å². The van der Waals surface area contributed by atoms with Gasteiger partial charge in [0.05, 0.1) is 0 Å². The van der Waals surface area contributed by atoms with Crippen LogP contribution in [0.3, 0.4) is 0 Å². The molecule has 0 amide bonds. The van der Waals surface area contributed by atoms with Crippen molar-refractivity contribution in [2.45, 2.75) is 85.0 Å². The maximum Gasteiger partial charge on any atom is 0.133 e. The number of nitrogens with two attached hydrogens (primary N) is 2. The molecule has 4 aromatic carbocycles. The van der Waals surface area contributed by atoms with Gasteiger partial charge in [0, 0.05) is 28.9 Å². The summed E-state index contributed by atoms with van der Waals surface area (Å²) in [6.07, 6.45) is 8.71. The Morgan fingerprint density at radius 3 is 1.48 bits per heavy atom. The number of ether oxygens (including phenoxy) is 2. The van der Waals surface area contributed by atoms with Crippen LogP contribution in [0.5, 0.6) is 23.0 Å². The first-order chi connectivity index (χ1) is 20.2. The molecule has 1 saturated carbocycles. The largest absolute Gasteiger partial charge is 0.457 e. The maximum absolute atomic E-state index is 6.38. The Hall–Kier alpha value is -3.92. The molecule has 42 heavy (non-hydrogen) atoms. The molecular weight excluding hydrogens is 516 g/mol. The highest BCUT2D eigenvalue weighted by Gasteiger charge is 2.39. The third kappa shape index (κ3) is 6.28. The molecule has 4 N–H and O–H groups in total. The van der Waals surface area contributed by atoms with Gasteiger partial charge < -0.3 is 20.9 Å². The number of anilines is 2. The number of nitrogen functional groups attached to an aromatic ring is 2. The molecule has 0 aliphatic heterocycles. The highest BCUT2D eigenvalue weighted by atomic mass is 16.5. The summed E-state index contributed by atoms with van der Waals surface area (Å²) in [5.41, 5.74) is 20.8. The van der Waals surface area contributed by atoms with E-state index in [2.05, 4.69) is 58.9 Å². The molecular formula is C38H46N2O2. The van der Waals surface area contributed by atoms with Crippen molar-refractivity contribution in [2.24, 2.45) is 5.92 Å². The van der Waals surface area contributed by atoms with Crippen LogP contribution in [0.2, 0.25) is 0 Å². The summed E-state index contributed by atoms with van der Waals surface area (Å²) < 4.78 is 12.8. The molecule has 4 aromatic rings. The molecule has 1 aliphatic carbocycles. The summed E-state index contributed by atoms with van der Waals surface area (Å²) in [5.74, 6) is 4.16. The van der Waals surface area contributed by atoms with E-state index in [0.29, 0.717) is 11.4 Å². The first kappa shape index (κ1) is 29.6. The molecule has 1 fully saturated rings. The van der Waals surface area contributed by atoms with Crippen molar-refractivity contribution in [3.8, 4) is 23.0 Å². The van der Waals surface area contributed by atoms with E-state index in [4.69, 9.17) is 20.9 Å². The van der Waals surface area contributed by atoms with E-state index in [1.165, 1.54) is 43.2 Å². The molecule has 0 bridgehead atoms. The lowest BCUT2D eigenvalue weighted by molar-refractivity contribution is 0.251. The third-order valence-corrected chi connectivity index (χ3v) is 9.11.